The van der Waals surface area contributed by atoms with Crippen LogP contribution in [-0.2, 0) is 13.0 Å². The maximum absolute atomic E-state index is 4.32. The first-order valence-corrected chi connectivity index (χ1v) is 5.10. The fourth-order valence-corrected chi connectivity index (χ4v) is 1.38. The Bertz CT molecular complexity index is 297. The number of aromatic nitrogens is 2. The Morgan fingerprint density at radius 2 is 2.36 bits per heavy atom. The van der Waals surface area contributed by atoms with E-state index >= 15 is 0 Å². The van der Waals surface area contributed by atoms with Gasteiger partial charge in [0.15, 0.2) is 0 Å². The van der Waals surface area contributed by atoms with Crippen molar-refractivity contribution in [3.05, 3.63) is 43.0 Å². The highest BCUT2D eigenvalue weighted by atomic mass is 15.1. The van der Waals surface area contributed by atoms with Crippen LogP contribution in [0.1, 0.15) is 25.6 Å². The number of rotatable bonds is 6. The van der Waals surface area contributed by atoms with Crippen molar-refractivity contribution in [2.24, 2.45) is 0 Å². The first kappa shape index (κ1) is 10.8. The predicted molar refractivity (Wildman–Crippen MR) is 60.2 cm³/mol. The van der Waals surface area contributed by atoms with Crippen LogP contribution in [0.25, 0.3) is 0 Å². The van der Waals surface area contributed by atoms with Crippen LogP contribution in [0.15, 0.2) is 37.2 Å². The summed E-state index contributed by atoms with van der Waals surface area (Å²) in [6.45, 7) is 6.79. The van der Waals surface area contributed by atoms with Gasteiger partial charge >= 0.3 is 0 Å². The second-order valence-corrected chi connectivity index (χ2v) is 3.22. The summed E-state index contributed by atoms with van der Waals surface area (Å²) in [5.41, 5.74) is 0. The van der Waals surface area contributed by atoms with Crippen LogP contribution < -0.4 is 0 Å². The summed E-state index contributed by atoms with van der Waals surface area (Å²) in [5.74, 6) is 1.16. The molecule has 76 valence electrons. The molecular weight excluding hydrogens is 172 g/mol. The third kappa shape index (κ3) is 3.21. The molecule has 1 aromatic rings. The van der Waals surface area contributed by atoms with Crippen LogP contribution in [0.4, 0.5) is 0 Å². The zero-order valence-electron chi connectivity index (χ0n) is 8.82. The standard InChI is InChI=1S/C12H18N2/c1-3-5-7-10-14-11-9-13-12(14)8-6-4-2/h3-5,9,11H,2,6-8,10H2,1H3/b5-3-. The lowest BCUT2D eigenvalue weighted by molar-refractivity contribution is 0.657. The van der Waals surface area contributed by atoms with Crippen molar-refractivity contribution in [3.63, 3.8) is 0 Å². The Balaban J connectivity index is 2.48. The number of hydrogen-bond acceptors (Lipinski definition) is 1. The average Bonchev–Trinajstić information content (AvgIpc) is 2.63. The van der Waals surface area contributed by atoms with E-state index in [0.717, 1.165) is 31.6 Å². The van der Waals surface area contributed by atoms with Crippen molar-refractivity contribution in [2.45, 2.75) is 32.7 Å². The normalized spacial score (nSPS) is 10.9. The summed E-state index contributed by atoms with van der Waals surface area (Å²) in [7, 11) is 0. The molecule has 0 fully saturated rings. The Morgan fingerprint density at radius 3 is 3.07 bits per heavy atom. The number of nitrogens with zero attached hydrogens (tertiary/aromatic N) is 2. The van der Waals surface area contributed by atoms with Crippen LogP contribution >= 0.6 is 0 Å². The van der Waals surface area contributed by atoms with Gasteiger partial charge in [-0.3, -0.25) is 0 Å². The first-order chi connectivity index (χ1) is 6.88. The Hall–Kier alpha value is -1.31. The molecule has 0 aliphatic heterocycles. The van der Waals surface area contributed by atoms with Crippen molar-refractivity contribution >= 4 is 0 Å². The van der Waals surface area contributed by atoms with Gasteiger partial charge in [0.1, 0.15) is 5.82 Å². The third-order valence-corrected chi connectivity index (χ3v) is 2.15. The summed E-state index contributed by atoms with van der Waals surface area (Å²) in [5, 5.41) is 0. The molecule has 0 N–H and O–H groups in total. The molecule has 0 atom stereocenters. The molecule has 1 rings (SSSR count). The van der Waals surface area contributed by atoms with Crippen LogP contribution in [0.2, 0.25) is 0 Å². The Morgan fingerprint density at radius 1 is 1.50 bits per heavy atom. The van der Waals surface area contributed by atoms with E-state index in [-0.39, 0.29) is 0 Å². The topological polar surface area (TPSA) is 17.8 Å². The number of allylic oxidation sites excluding steroid dienone is 3. The molecule has 0 bridgehead atoms. The van der Waals surface area contributed by atoms with Crippen LogP contribution in [-0.4, -0.2) is 9.55 Å². The fraction of sp³-hybridized carbons (Fsp3) is 0.417. The molecule has 0 saturated heterocycles. The van der Waals surface area contributed by atoms with Crippen LogP contribution in [0.3, 0.4) is 0 Å². The maximum Gasteiger partial charge on any atom is 0.108 e. The SMILES string of the molecule is C=CCCc1nccn1CC/C=C\C. The summed E-state index contributed by atoms with van der Waals surface area (Å²) in [6, 6.07) is 0. The minimum Gasteiger partial charge on any atom is -0.335 e. The number of hydrogen-bond donors (Lipinski definition) is 0. The highest BCUT2D eigenvalue weighted by Crippen LogP contribution is 2.03. The second kappa shape index (κ2) is 6.19. The summed E-state index contributed by atoms with van der Waals surface area (Å²) in [4.78, 5) is 4.32. The minimum atomic E-state index is 0.992. The molecule has 2 nitrogen and oxygen atoms in total. The molecule has 0 saturated carbocycles. The van der Waals surface area contributed by atoms with Crippen LogP contribution in [0, 0.1) is 0 Å². The molecule has 14 heavy (non-hydrogen) atoms. The van der Waals surface area contributed by atoms with Crippen molar-refractivity contribution in [1.29, 1.82) is 0 Å². The van der Waals surface area contributed by atoms with E-state index in [2.05, 4.69) is 28.3 Å². The van der Waals surface area contributed by atoms with Crippen LogP contribution in [0.5, 0.6) is 0 Å². The van der Waals surface area contributed by atoms with Gasteiger partial charge in [0.2, 0.25) is 0 Å². The van der Waals surface area contributed by atoms with E-state index < -0.39 is 0 Å². The highest BCUT2D eigenvalue weighted by Gasteiger charge is 1.99. The van der Waals surface area contributed by atoms with Gasteiger partial charge in [0.05, 0.1) is 0 Å². The van der Waals surface area contributed by atoms with Crippen molar-refractivity contribution < 1.29 is 0 Å². The van der Waals surface area contributed by atoms with E-state index in [1.54, 1.807) is 0 Å². The average molecular weight is 190 g/mol. The minimum absolute atomic E-state index is 0.992. The summed E-state index contributed by atoms with van der Waals surface area (Å²) >= 11 is 0. The van der Waals surface area contributed by atoms with Gasteiger partial charge in [-0.1, -0.05) is 18.2 Å². The molecular formula is C12H18N2. The molecule has 0 amide bonds. The number of imidazole rings is 1. The molecule has 2 heteroatoms. The molecule has 0 unspecified atom stereocenters. The first-order valence-electron chi connectivity index (χ1n) is 5.10. The van der Waals surface area contributed by atoms with Gasteiger partial charge < -0.3 is 4.57 Å². The Kier molecular flexibility index (Phi) is 4.76. The van der Waals surface area contributed by atoms with E-state index in [4.69, 9.17) is 0 Å². The fourth-order valence-electron chi connectivity index (χ4n) is 1.38. The van der Waals surface area contributed by atoms with Gasteiger partial charge in [-0.2, -0.15) is 0 Å². The molecule has 0 spiro atoms. The van der Waals surface area contributed by atoms with Gasteiger partial charge in [0.25, 0.3) is 0 Å². The van der Waals surface area contributed by atoms with E-state index in [1.807, 2.05) is 25.4 Å². The molecule has 0 aliphatic rings. The third-order valence-electron chi connectivity index (χ3n) is 2.15. The zero-order valence-corrected chi connectivity index (χ0v) is 8.82. The van der Waals surface area contributed by atoms with Gasteiger partial charge in [-0.25, -0.2) is 4.98 Å². The van der Waals surface area contributed by atoms with E-state index in [9.17, 15) is 0 Å². The quantitative estimate of drug-likeness (QED) is 0.631. The molecule has 1 heterocycles. The molecule has 0 radical (unpaired) electrons. The zero-order chi connectivity index (χ0) is 10.2. The lowest BCUT2D eigenvalue weighted by Crippen LogP contribution is -2.02. The monoisotopic (exact) mass is 190 g/mol. The number of aryl methyl sites for hydroxylation is 2. The largest absolute Gasteiger partial charge is 0.335 e. The van der Waals surface area contributed by atoms with E-state index in [1.165, 1.54) is 0 Å². The van der Waals surface area contributed by atoms with Crippen molar-refractivity contribution in [1.82, 2.24) is 9.55 Å². The lowest BCUT2D eigenvalue weighted by Gasteiger charge is -2.04. The van der Waals surface area contributed by atoms with E-state index in [0.29, 0.717) is 0 Å². The summed E-state index contributed by atoms with van der Waals surface area (Å²) in [6.07, 6.45) is 13.2. The van der Waals surface area contributed by atoms with Gasteiger partial charge in [-0.15, -0.1) is 6.58 Å². The van der Waals surface area contributed by atoms with Crippen molar-refractivity contribution in [3.8, 4) is 0 Å². The van der Waals surface area contributed by atoms with Gasteiger partial charge in [0, 0.05) is 25.4 Å². The van der Waals surface area contributed by atoms with Gasteiger partial charge in [-0.05, 0) is 19.8 Å². The summed E-state index contributed by atoms with van der Waals surface area (Å²) < 4.78 is 2.21. The lowest BCUT2D eigenvalue weighted by atomic mass is 10.3. The highest BCUT2D eigenvalue weighted by molar-refractivity contribution is 4.94. The molecule has 0 aromatic carbocycles. The second-order valence-electron chi connectivity index (χ2n) is 3.22. The molecule has 0 aliphatic carbocycles. The predicted octanol–water partition coefficient (Wildman–Crippen LogP) is 2.97. The Labute approximate surface area is 86.0 Å². The maximum atomic E-state index is 4.32. The molecule has 1 aromatic heterocycles. The smallest absolute Gasteiger partial charge is 0.108 e. The van der Waals surface area contributed by atoms with Crippen molar-refractivity contribution in [2.75, 3.05) is 0 Å².